The quantitative estimate of drug-likeness (QED) is 0.674. The lowest BCUT2D eigenvalue weighted by atomic mass is 10.1. The van der Waals surface area contributed by atoms with Crippen LogP contribution in [-0.4, -0.2) is 61.1 Å². The summed E-state index contributed by atoms with van der Waals surface area (Å²) in [4.78, 5) is 29.1. The van der Waals surface area contributed by atoms with Crippen molar-refractivity contribution in [2.75, 3.05) is 33.3 Å². The van der Waals surface area contributed by atoms with Crippen LogP contribution in [0.2, 0.25) is 0 Å². The van der Waals surface area contributed by atoms with E-state index in [4.69, 9.17) is 9.47 Å². The highest BCUT2D eigenvalue weighted by Crippen LogP contribution is 2.12. The summed E-state index contributed by atoms with van der Waals surface area (Å²) in [7, 11) is 1.62. The Morgan fingerprint density at radius 2 is 1.59 bits per heavy atom. The topological polar surface area (TPSA) is 59.1 Å². The van der Waals surface area contributed by atoms with Crippen molar-refractivity contribution in [2.24, 2.45) is 0 Å². The van der Waals surface area contributed by atoms with Crippen molar-refractivity contribution < 1.29 is 19.1 Å². The van der Waals surface area contributed by atoms with Crippen LogP contribution in [0.3, 0.4) is 0 Å². The van der Waals surface area contributed by atoms with E-state index in [0.29, 0.717) is 25.3 Å². The minimum absolute atomic E-state index is 0.145. The highest BCUT2D eigenvalue weighted by atomic mass is 16.5. The van der Waals surface area contributed by atoms with Crippen molar-refractivity contribution in [1.82, 2.24) is 9.80 Å². The second kappa shape index (κ2) is 10.2. The average molecular weight is 396 g/mol. The summed E-state index contributed by atoms with van der Waals surface area (Å²) in [6.45, 7) is 5.89. The Bertz CT molecular complexity index is 799. The van der Waals surface area contributed by atoms with E-state index in [-0.39, 0.29) is 5.91 Å². The number of ether oxygens (including phenoxy) is 2. The number of carbonyl (C=O) groups excluding carboxylic acids is 2. The fourth-order valence-corrected chi connectivity index (χ4v) is 3.41. The summed E-state index contributed by atoms with van der Waals surface area (Å²) >= 11 is 0. The van der Waals surface area contributed by atoms with Gasteiger partial charge in [-0.05, 0) is 30.2 Å². The largest absolute Gasteiger partial charge is 0.449 e. The normalized spacial score (nSPS) is 15.7. The van der Waals surface area contributed by atoms with E-state index in [0.717, 1.165) is 25.2 Å². The predicted molar refractivity (Wildman–Crippen MR) is 110 cm³/mol. The third-order valence-corrected chi connectivity index (χ3v) is 5.07. The molecule has 2 aromatic carbocycles. The molecule has 0 saturated carbocycles. The van der Waals surface area contributed by atoms with Crippen molar-refractivity contribution in [3.8, 4) is 0 Å². The second-order valence-corrected chi connectivity index (χ2v) is 7.26. The van der Waals surface area contributed by atoms with Crippen molar-refractivity contribution >= 4 is 11.9 Å². The van der Waals surface area contributed by atoms with E-state index in [1.807, 2.05) is 30.3 Å². The maximum Gasteiger partial charge on any atom is 0.338 e. The van der Waals surface area contributed by atoms with Gasteiger partial charge in [0, 0.05) is 39.8 Å². The first kappa shape index (κ1) is 21.0. The summed E-state index contributed by atoms with van der Waals surface area (Å²) in [5.41, 5.74) is 2.67. The zero-order valence-corrected chi connectivity index (χ0v) is 17.0. The minimum atomic E-state index is -0.804. The van der Waals surface area contributed by atoms with Crippen molar-refractivity contribution in [2.45, 2.75) is 26.2 Å². The molecule has 0 bridgehead atoms. The van der Waals surface area contributed by atoms with E-state index < -0.39 is 12.1 Å². The Kier molecular flexibility index (Phi) is 7.38. The average Bonchev–Trinajstić information content (AvgIpc) is 2.75. The maximum absolute atomic E-state index is 12.7. The fourth-order valence-electron chi connectivity index (χ4n) is 3.41. The Balaban J connectivity index is 1.47. The SMILES string of the molecule is COCc1ccc(C(=O)OC(C)C(=O)N2CCN(Cc3ccccc3)CC2)cc1. The molecule has 1 unspecified atom stereocenters. The van der Waals surface area contributed by atoms with Gasteiger partial charge in [0.15, 0.2) is 6.10 Å². The monoisotopic (exact) mass is 396 g/mol. The van der Waals surface area contributed by atoms with Gasteiger partial charge >= 0.3 is 5.97 Å². The molecular weight excluding hydrogens is 368 g/mol. The lowest BCUT2D eigenvalue weighted by Crippen LogP contribution is -2.51. The fraction of sp³-hybridized carbons (Fsp3) is 0.391. The number of nitrogens with zero attached hydrogens (tertiary/aromatic N) is 2. The molecule has 1 atom stereocenters. The van der Waals surface area contributed by atoms with Crippen molar-refractivity contribution in [3.63, 3.8) is 0 Å². The molecule has 2 aromatic rings. The van der Waals surface area contributed by atoms with E-state index in [2.05, 4.69) is 17.0 Å². The molecule has 6 heteroatoms. The number of carbonyl (C=O) groups is 2. The van der Waals surface area contributed by atoms with Crippen LogP contribution in [0.15, 0.2) is 54.6 Å². The third kappa shape index (κ3) is 5.89. The Morgan fingerprint density at radius 1 is 0.931 bits per heavy atom. The van der Waals surface area contributed by atoms with Gasteiger partial charge in [-0.15, -0.1) is 0 Å². The first-order valence-electron chi connectivity index (χ1n) is 9.90. The molecule has 3 rings (SSSR count). The van der Waals surface area contributed by atoms with Gasteiger partial charge in [-0.3, -0.25) is 9.69 Å². The summed E-state index contributed by atoms with van der Waals surface area (Å²) in [6, 6.07) is 17.3. The number of methoxy groups -OCH3 is 1. The van der Waals surface area contributed by atoms with Crippen LogP contribution >= 0.6 is 0 Å². The molecule has 1 fully saturated rings. The minimum Gasteiger partial charge on any atom is -0.449 e. The Morgan fingerprint density at radius 3 is 2.21 bits per heavy atom. The smallest absolute Gasteiger partial charge is 0.338 e. The molecule has 0 aliphatic carbocycles. The molecule has 1 amide bonds. The number of hydrogen-bond acceptors (Lipinski definition) is 5. The maximum atomic E-state index is 12.7. The second-order valence-electron chi connectivity index (χ2n) is 7.26. The highest BCUT2D eigenvalue weighted by molar-refractivity contribution is 5.92. The molecule has 0 radical (unpaired) electrons. The highest BCUT2D eigenvalue weighted by Gasteiger charge is 2.27. The summed E-state index contributed by atoms with van der Waals surface area (Å²) in [5.74, 6) is -0.633. The molecule has 154 valence electrons. The van der Waals surface area contributed by atoms with Gasteiger partial charge in [0.2, 0.25) is 0 Å². The molecule has 6 nitrogen and oxygen atoms in total. The molecule has 0 N–H and O–H groups in total. The number of esters is 1. The number of benzene rings is 2. The molecular formula is C23H28N2O4. The Hall–Kier alpha value is -2.70. The standard InChI is InChI=1S/C23H28N2O4/c1-18(29-23(27)21-10-8-20(9-11-21)17-28-2)22(26)25-14-12-24(13-15-25)16-19-6-4-3-5-7-19/h3-11,18H,12-17H2,1-2H3. The molecule has 0 aromatic heterocycles. The summed E-state index contributed by atoms with van der Waals surface area (Å²) in [5, 5.41) is 0. The number of amides is 1. The number of hydrogen-bond donors (Lipinski definition) is 0. The van der Waals surface area contributed by atoms with Gasteiger partial charge in [-0.1, -0.05) is 42.5 Å². The van der Waals surface area contributed by atoms with Crippen LogP contribution in [-0.2, 0) is 27.4 Å². The lowest BCUT2D eigenvalue weighted by molar-refractivity contribution is -0.141. The number of piperazine rings is 1. The van der Waals surface area contributed by atoms with Gasteiger partial charge in [0.25, 0.3) is 5.91 Å². The van der Waals surface area contributed by atoms with Crippen molar-refractivity contribution in [1.29, 1.82) is 0 Å². The first-order valence-corrected chi connectivity index (χ1v) is 9.90. The first-order chi connectivity index (χ1) is 14.1. The molecule has 1 aliphatic heterocycles. The molecule has 1 saturated heterocycles. The van der Waals surface area contributed by atoms with Crippen LogP contribution in [0.5, 0.6) is 0 Å². The van der Waals surface area contributed by atoms with Crippen LogP contribution in [0.25, 0.3) is 0 Å². The van der Waals surface area contributed by atoms with E-state index in [1.165, 1.54) is 5.56 Å². The zero-order valence-electron chi connectivity index (χ0n) is 17.0. The van der Waals surface area contributed by atoms with Crippen LogP contribution < -0.4 is 0 Å². The van der Waals surface area contributed by atoms with Gasteiger partial charge in [0.1, 0.15) is 0 Å². The van der Waals surface area contributed by atoms with Gasteiger partial charge in [-0.2, -0.15) is 0 Å². The van der Waals surface area contributed by atoms with Gasteiger partial charge in [0.05, 0.1) is 12.2 Å². The van der Waals surface area contributed by atoms with E-state index in [1.54, 1.807) is 31.1 Å². The van der Waals surface area contributed by atoms with Crippen LogP contribution in [0.4, 0.5) is 0 Å². The van der Waals surface area contributed by atoms with Crippen LogP contribution in [0, 0.1) is 0 Å². The van der Waals surface area contributed by atoms with Crippen LogP contribution in [0.1, 0.15) is 28.4 Å². The molecule has 1 aliphatic rings. The predicted octanol–water partition coefficient (Wildman–Crippen LogP) is 2.72. The lowest BCUT2D eigenvalue weighted by Gasteiger charge is -2.35. The van der Waals surface area contributed by atoms with Gasteiger partial charge in [-0.25, -0.2) is 4.79 Å². The summed E-state index contributed by atoms with van der Waals surface area (Å²) in [6.07, 6.45) is -0.804. The molecule has 1 heterocycles. The third-order valence-electron chi connectivity index (χ3n) is 5.07. The van der Waals surface area contributed by atoms with Crippen molar-refractivity contribution in [3.05, 3.63) is 71.3 Å². The van der Waals surface area contributed by atoms with E-state index in [9.17, 15) is 9.59 Å². The van der Waals surface area contributed by atoms with E-state index >= 15 is 0 Å². The number of rotatable bonds is 7. The molecule has 0 spiro atoms. The van der Waals surface area contributed by atoms with Gasteiger partial charge < -0.3 is 14.4 Å². The summed E-state index contributed by atoms with van der Waals surface area (Å²) < 4.78 is 10.5. The molecule has 29 heavy (non-hydrogen) atoms. The zero-order chi connectivity index (χ0) is 20.6. The Labute approximate surface area is 172 Å².